The number of carbonyl (C=O) groups is 1. The zero-order valence-corrected chi connectivity index (χ0v) is 13.1. The van der Waals surface area contributed by atoms with E-state index in [9.17, 15) is 4.79 Å². The Balaban J connectivity index is 2.52. The van der Waals surface area contributed by atoms with Crippen LogP contribution in [0.4, 0.5) is 0 Å². The minimum atomic E-state index is 0.129. The summed E-state index contributed by atoms with van der Waals surface area (Å²) in [6.45, 7) is 4.82. The first kappa shape index (κ1) is 17.4. The second-order valence-electron chi connectivity index (χ2n) is 5.82. The van der Waals surface area contributed by atoms with Crippen LogP contribution < -0.4 is 5.73 Å². The van der Waals surface area contributed by atoms with Crippen molar-refractivity contribution in [2.75, 3.05) is 40.5 Å². The van der Waals surface area contributed by atoms with Gasteiger partial charge in [-0.05, 0) is 31.6 Å². The second-order valence-corrected chi connectivity index (χ2v) is 5.82. The van der Waals surface area contributed by atoms with Gasteiger partial charge in [0.25, 0.3) is 0 Å². The highest BCUT2D eigenvalue weighted by molar-refractivity contribution is 5.79. The normalized spacial score (nSPS) is 26.5. The highest BCUT2D eigenvalue weighted by Gasteiger charge is 2.31. The number of rotatable bonds is 8. The molecule has 1 saturated carbocycles. The molecule has 2 N–H and O–H groups in total. The fraction of sp³-hybridized carbons (Fsp3) is 0.933. The number of hydrogen-bond donors (Lipinski definition) is 1. The van der Waals surface area contributed by atoms with E-state index in [0.29, 0.717) is 25.7 Å². The first-order valence-corrected chi connectivity index (χ1v) is 7.62. The first-order valence-electron chi connectivity index (χ1n) is 7.62. The summed E-state index contributed by atoms with van der Waals surface area (Å²) in [5.74, 6) is 0.821. The lowest BCUT2D eigenvalue weighted by Gasteiger charge is -2.34. The third-order valence-corrected chi connectivity index (χ3v) is 4.24. The predicted octanol–water partition coefficient (Wildman–Crippen LogP) is 1.26. The smallest absolute Gasteiger partial charge is 0.225 e. The van der Waals surface area contributed by atoms with E-state index in [4.69, 9.17) is 15.2 Å². The Hall–Kier alpha value is -0.650. The Morgan fingerprint density at radius 3 is 2.50 bits per heavy atom. The summed E-state index contributed by atoms with van der Waals surface area (Å²) in [7, 11) is 3.35. The summed E-state index contributed by atoms with van der Waals surface area (Å²) in [6.07, 6.45) is 3.65. The van der Waals surface area contributed by atoms with E-state index >= 15 is 0 Å². The third kappa shape index (κ3) is 5.38. The van der Waals surface area contributed by atoms with Gasteiger partial charge in [0.2, 0.25) is 5.91 Å². The van der Waals surface area contributed by atoms with Crippen LogP contribution in [0.1, 0.15) is 32.6 Å². The molecule has 0 aromatic carbocycles. The Kier molecular flexibility index (Phi) is 8.11. The van der Waals surface area contributed by atoms with Crippen molar-refractivity contribution in [2.45, 2.75) is 38.6 Å². The number of amides is 1. The van der Waals surface area contributed by atoms with Crippen LogP contribution in [0.25, 0.3) is 0 Å². The van der Waals surface area contributed by atoms with E-state index in [2.05, 4.69) is 6.92 Å². The first-order chi connectivity index (χ1) is 9.60. The molecule has 0 aliphatic heterocycles. The summed E-state index contributed by atoms with van der Waals surface area (Å²) in [5.41, 5.74) is 6.03. The summed E-state index contributed by atoms with van der Waals surface area (Å²) >= 11 is 0. The number of hydrogen-bond acceptors (Lipinski definition) is 4. The number of ether oxygens (including phenoxy) is 2. The van der Waals surface area contributed by atoms with Crippen LogP contribution >= 0.6 is 0 Å². The number of methoxy groups -OCH3 is 2. The quantitative estimate of drug-likeness (QED) is 0.682. The number of nitrogens with two attached hydrogens (primary N) is 1. The lowest BCUT2D eigenvalue weighted by atomic mass is 9.78. The fourth-order valence-corrected chi connectivity index (χ4v) is 2.84. The number of carbonyl (C=O) groups excluding carboxylic acids is 1. The average Bonchev–Trinajstić information content (AvgIpc) is 2.45. The molecule has 1 aliphatic carbocycles. The molecule has 0 heterocycles. The Morgan fingerprint density at radius 1 is 1.20 bits per heavy atom. The maximum Gasteiger partial charge on any atom is 0.225 e. The van der Waals surface area contributed by atoms with Gasteiger partial charge in [0, 0.05) is 45.9 Å². The van der Waals surface area contributed by atoms with Crippen LogP contribution in [0.5, 0.6) is 0 Å². The second kappa shape index (κ2) is 9.32. The topological polar surface area (TPSA) is 64.8 Å². The Morgan fingerprint density at radius 2 is 1.90 bits per heavy atom. The van der Waals surface area contributed by atoms with Crippen LogP contribution in [-0.2, 0) is 14.3 Å². The summed E-state index contributed by atoms with van der Waals surface area (Å²) in [5, 5.41) is 0. The molecule has 0 radical (unpaired) electrons. The molecule has 5 heteroatoms. The minimum Gasteiger partial charge on any atom is -0.385 e. The molecular formula is C15H30N2O3. The molecule has 1 aliphatic rings. The molecule has 118 valence electrons. The fourth-order valence-electron chi connectivity index (χ4n) is 2.84. The van der Waals surface area contributed by atoms with Gasteiger partial charge in [-0.1, -0.05) is 6.92 Å². The zero-order valence-electron chi connectivity index (χ0n) is 13.1. The number of nitrogens with zero attached hydrogens (tertiary/aromatic N) is 1. The van der Waals surface area contributed by atoms with Crippen LogP contribution in [0.15, 0.2) is 0 Å². The summed E-state index contributed by atoms with van der Waals surface area (Å²) in [6, 6.07) is 0.250. The van der Waals surface area contributed by atoms with Gasteiger partial charge in [-0.25, -0.2) is 0 Å². The summed E-state index contributed by atoms with van der Waals surface area (Å²) < 4.78 is 10.2. The SMILES string of the molecule is COCCCN(CCOC)C(=O)C1CCC(N)C(C)C1. The standard InChI is InChI=1S/C15H30N2O3/c1-12-11-13(5-6-14(12)16)15(18)17(8-10-20-3)7-4-9-19-2/h12-14H,4-11,16H2,1-3H3. The van der Waals surface area contributed by atoms with E-state index in [1.807, 2.05) is 4.90 Å². The van der Waals surface area contributed by atoms with Crippen molar-refractivity contribution in [3.8, 4) is 0 Å². The van der Waals surface area contributed by atoms with Crippen molar-refractivity contribution in [1.82, 2.24) is 4.90 Å². The largest absolute Gasteiger partial charge is 0.385 e. The highest BCUT2D eigenvalue weighted by atomic mass is 16.5. The molecule has 1 fully saturated rings. The molecule has 1 amide bonds. The highest BCUT2D eigenvalue weighted by Crippen LogP contribution is 2.29. The molecule has 5 nitrogen and oxygen atoms in total. The van der Waals surface area contributed by atoms with Crippen molar-refractivity contribution in [3.63, 3.8) is 0 Å². The maximum atomic E-state index is 12.6. The molecule has 3 atom stereocenters. The summed E-state index contributed by atoms with van der Waals surface area (Å²) in [4.78, 5) is 14.6. The average molecular weight is 286 g/mol. The van der Waals surface area contributed by atoms with Crippen LogP contribution in [0.2, 0.25) is 0 Å². The van der Waals surface area contributed by atoms with Crippen LogP contribution in [0.3, 0.4) is 0 Å². The van der Waals surface area contributed by atoms with E-state index in [1.54, 1.807) is 14.2 Å². The predicted molar refractivity (Wildman–Crippen MR) is 79.4 cm³/mol. The third-order valence-electron chi connectivity index (χ3n) is 4.24. The molecule has 0 saturated heterocycles. The lowest BCUT2D eigenvalue weighted by molar-refractivity contribution is -0.138. The minimum absolute atomic E-state index is 0.129. The Bertz CT molecular complexity index is 286. The lowest BCUT2D eigenvalue weighted by Crippen LogP contribution is -2.44. The van der Waals surface area contributed by atoms with E-state index < -0.39 is 0 Å². The monoisotopic (exact) mass is 286 g/mol. The van der Waals surface area contributed by atoms with Gasteiger partial charge in [0.15, 0.2) is 0 Å². The van der Waals surface area contributed by atoms with Crippen molar-refractivity contribution in [1.29, 1.82) is 0 Å². The van der Waals surface area contributed by atoms with Crippen molar-refractivity contribution in [2.24, 2.45) is 17.6 Å². The van der Waals surface area contributed by atoms with Crippen molar-refractivity contribution >= 4 is 5.91 Å². The molecular weight excluding hydrogens is 256 g/mol. The van der Waals surface area contributed by atoms with Crippen molar-refractivity contribution < 1.29 is 14.3 Å². The van der Waals surface area contributed by atoms with Crippen molar-refractivity contribution in [3.05, 3.63) is 0 Å². The van der Waals surface area contributed by atoms with Gasteiger partial charge in [-0.3, -0.25) is 4.79 Å². The van der Waals surface area contributed by atoms with Gasteiger partial charge < -0.3 is 20.1 Å². The van der Waals surface area contributed by atoms with Gasteiger partial charge in [0.1, 0.15) is 0 Å². The molecule has 0 spiro atoms. The Labute approximate surface area is 122 Å². The van der Waals surface area contributed by atoms with Crippen LogP contribution in [-0.4, -0.2) is 57.4 Å². The van der Waals surface area contributed by atoms with Gasteiger partial charge >= 0.3 is 0 Å². The molecule has 0 bridgehead atoms. The maximum absolute atomic E-state index is 12.6. The van der Waals surface area contributed by atoms with Gasteiger partial charge in [-0.15, -0.1) is 0 Å². The van der Waals surface area contributed by atoms with Crippen LogP contribution in [0, 0.1) is 11.8 Å². The molecule has 20 heavy (non-hydrogen) atoms. The van der Waals surface area contributed by atoms with Gasteiger partial charge in [0.05, 0.1) is 6.61 Å². The van der Waals surface area contributed by atoms with E-state index in [1.165, 1.54) is 0 Å². The molecule has 0 aromatic rings. The van der Waals surface area contributed by atoms with E-state index in [0.717, 1.165) is 32.2 Å². The van der Waals surface area contributed by atoms with Gasteiger partial charge in [-0.2, -0.15) is 0 Å². The molecule has 1 rings (SSSR count). The molecule has 0 aromatic heterocycles. The molecule has 3 unspecified atom stereocenters. The van der Waals surface area contributed by atoms with E-state index in [-0.39, 0.29) is 17.9 Å². The zero-order chi connectivity index (χ0) is 15.0.